The summed E-state index contributed by atoms with van der Waals surface area (Å²) >= 11 is 0. The number of carbonyl (C=O) groups is 1. The van der Waals surface area contributed by atoms with Crippen molar-refractivity contribution in [2.45, 2.75) is 26.2 Å². The molecular formula is C19H24N2O3. The van der Waals surface area contributed by atoms with Gasteiger partial charge in [-0.2, -0.15) is 0 Å². The van der Waals surface area contributed by atoms with Crippen LogP contribution in [0.2, 0.25) is 0 Å². The number of rotatable bonds is 9. The molecule has 0 radical (unpaired) electrons. The van der Waals surface area contributed by atoms with Crippen LogP contribution in [0, 0.1) is 0 Å². The molecule has 1 amide bonds. The van der Waals surface area contributed by atoms with Crippen molar-refractivity contribution in [2.75, 3.05) is 24.3 Å². The summed E-state index contributed by atoms with van der Waals surface area (Å²) in [6, 6.07) is 14.8. The van der Waals surface area contributed by atoms with Gasteiger partial charge in [-0.1, -0.05) is 31.2 Å². The quantitative estimate of drug-likeness (QED) is 0.541. The van der Waals surface area contributed by atoms with Crippen LogP contribution in [0.1, 0.15) is 26.2 Å². The Balaban J connectivity index is 1.76. The van der Waals surface area contributed by atoms with Gasteiger partial charge in [0.25, 0.3) is 0 Å². The second kappa shape index (κ2) is 9.45. The molecule has 0 fully saturated rings. The third-order valence-electron chi connectivity index (χ3n) is 3.35. The number of nitrogens with two attached hydrogens (primary N) is 1. The fourth-order valence-electron chi connectivity index (χ4n) is 2.15. The number of para-hydroxylation sites is 4. The predicted octanol–water partition coefficient (Wildman–Crippen LogP) is 3.86. The third kappa shape index (κ3) is 5.50. The maximum Gasteiger partial charge on any atom is 0.224 e. The molecule has 24 heavy (non-hydrogen) atoms. The Bertz CT molecular complexity index is 659. The molecule has 2 aromatic rings. The fraction of sp³-hybridized carbons (Fsp3) is 0.316. The van der Waals surface area contributed by atoms with Crippen molar-refractivity contribution in [3.05, 3.63) is 48.5 Å². The molecule has 0 heterocycles. The van der Waals surface area contributed by atoms with Crippen molar-refractivity contribution in [1.29, 1.82) is 0 Å². The van der Waals surface area contributed by atoms with Crippen LogP contribution in [0.5, 0.6) is 11.5 Å². The lowest BCUT2D eigenvalue weighted by Gasteiger charge is -2.12. The Morgan fingerprint density at radius 3 is 2.42 bits per heavy atom. The van der Waals surface area contributed by atoms with E-state index in [0.717, 1.165) is 6.42 Å². The molecule has 0 saturated heterocycles. The zero-order valence-corrected chi connectivity index (χ0v) is 14.0. The molecule has 0 atom stereocenters. The van der Waals surface area contributed by atoms with Crippen molar-refractivity contribution in [3.63, 3.8) is 0 Å². The smallest absolute Gasteiger partial charge is 0.224 e. The minimum atomic E-state index is -0.0628. The molecule has 2 aromatic carbocycles. The van der Waals surface area contributed by atoms with E-state index in [4.69, 9.17) is 15.2 Å². The monoisotopic (exact) mass is 328 g/mol. The topological polar surface area (TPSA) is 73.6 Å². The molecule has 0 unspecified atom stereocenters. The lowest BCUT2D eigenvalue weighted by Crippen LogP contribution is -2.14. The van der Waals surface area contributed by atoms with E-state index in [9.17, 15) is 4.79 Å². The average molecular weight is 328 g/mol. The summed E-state index contributed by atoms with van der Waals surface area (Å²) in [6.45, 7) is 3.11. The number of nitrogens with one attached hydrogen (secondary N) is 1. The van der Waals surface area contributed by atoms with E-state index in [-0.39, 0.29) is 5.91 Å². The van der Waals surface area contributed by atoms with Crippen LogP contribution in [0.3, 0.4) is 0 Å². The number of nitrogen functional groups attached to an aromatic ring is 1. The van der Waals surface area contributed by atoms with Crippen LogP contribution in [0.25, 0.3) is 0 Å². The third-order valence-corrected chi connectivity index (χ3v) is 3.35. The van der Waals surface area contributed by atoms with Crippen LogP contribution in [-0.4, -0.2) is 19.1 Å². The van der Waals surface area contributed by atoms with Crippen LogP contribution in [0.15, 0.2) is 48.5 Å². The average Bonchev–Trinajstić information content (AvgIpc) is 2.59. The second-order valence-electron chi connectivity index (χ2n) is 5.38. The Hall–Kier alpha value is -2.69. The van der Waals surface area contributed by atoms with Gasteiger partial charge in [0.1, 0.15) is 11.5 Å². The van der Waals surface area contributed by atoms with Crippen molar-refractivity contribution in [2.24, 2.45) is 0 Å². The lowest BCUT2D eigenvalue weighted by atomic mass is 10.2. The van der Waals surface area contributed by atoms with Gasteiger partial charge in [0.05, 0.1) is 24.6 Å². The molecule has 0 bridgehead atoms. The highest BCUT2D eigenvalue weighted by molar-refractivity contribution is 5.92. The number of hydrogen-bond acceptors (Lipinski definition) is 4. The number of anilines is 2. The normalized spacial score (nSPS) is 10.2. The van der Waals surface area contributed by atoms with Gasteiger partial charge >= 0.3 is 0 Å². The molecule has 128 valence electrons. The first-order chi connectivity index (χ1) is 11.7. The standard InChI is InChI=1S/C19H24N2O3/c1-2-13-23-18-11-6-4-9-16(18)21-19(22)12-7-14-24-17-10-5-3-8-15(17)20/h3-6,8-11H,2,7,12-14,20H2,1H3,(H,21,22). The molecule has 3 N–H and O–H groups in total. The van der Waals surface area contributed by atoms with Crippen molar-refractivity contribution >= 4 is 17.3 Å². The Kier molecular flexibility index (Phi) is 6.95. The van der Waals surface area contributed by atoms with Gasteiger partial charge < -0.3 is 20.5 Å². The first kappa shape index (κ1) is 17.7. The van der Waals surface area contributed by atoms with E-state index in [1.54, 1.807) is 6.07 Å². The first-order valence-electron chi connectivity index (χ1n) is 8.19. The molecular weight excluding hydrogens is 304 g/mol. The number of carbonyl (C=O) groups excluding carboxylic acids is 1. The van der Waals surface area contributed by atoms with Crippen LogP contribution >= 0.6 is 0 Å². The summed E-state index contributed by atoms with van der Waals surface area (Å²) in [4.78, 5) is 12.1. The SMILES string of the molecule is CCCOc1ccccc1NC(=O)CCCOc1ccccc1N. The van der Waals surface area contributed by atoms with Gasteiger partial charge in [0, 0.05) is 6.42 Å². The Morgan fingerprint density at radius 1 is 1.00 bits per heavy atom. The van der Waals surface area contributed by atoms with Gasteiger partial charge in [-0.25, -0.2) is 0 Å². The zero-order chi connectivity index (χ0) is 17.2. The summed E-state index contributed by atoms with van der Waals surface area (Å²) in [5.74, 6) is 1.28. The van der Waals surface area contributed by atoms with E-state index >= 15 is 0 Å². The van der Waals surface area contributed by atoms with E-state index in [2.05, 4.69) is 5.32 Å². The molecule has 5 nitrogen and oxygen atoms in total. The van der Waals surface area contributed by atoms with Gasteiger partial charge in [-0.15, -0.1) is 0 Å². The van der Waals surface area contributed by atoms with Crippen LogP contribution < -0.4 is 20.5 Å². The van der Waals surface area contributed by atoms with E-state index in [1.807, 2.05) is 49.4 Å². The molecule has 5 heteroatoms. The zero-order valence-electron chi connectivity index (χ0n) is 14.0. The minimum Gasteiger partial charge on any atom is -0.491 e. The number of amides is 1. The molecule has 0 aliphatic heterocycles. The largest absolute Gasteiger partial charge is 0.491 e. The summed E-state index contributed by atoms with van der Waals surface area (Å²) < 4.78 is 11.2. The molecule has 0 aliphatic rings. The maximum absolute atomic E-state index is 12.1. The lowest BCUT2D eigenvalue weighted by molar-refractivity contribution is -0.116. The number of ether oxygens (including phenoxy) is 2. The Labute approximate surface area is 142 Å². The molecule has 0 saturated carbocycles. The van der Waals surface area contributed by atoms with Crippen LogP contribution in [-0.2, 0) is 4.79 Å². The van der Waals surface area contributed by atoms with Crippen molar-refractivity contribution < 1.29 is 14.3 Å². The molecule has 0 aliphatic carbocycles. The Morgan fingerprint density at radius 2 is 1.67 bits per heavy atom. The number of benzene rings is 2. The summed E-state index contributed by atoms with van der Waals surface area (Å²) in [5.41, 5.74) is 7.10. The highest BCUT2D eigenvalue weighted by Gasteiger charge is 2.07. The van der Waals surface area contributed by atoms with Crippen LogP contribution in [0.4, 0.5) is 11.4 Å². The molecule has 2 rings (SSSR count). The second-order valence-corrected chi connectivity index (χ2v) is 5.38. The fourth-order valence-corrected chi connectivity index (χ4v) is 2.15. The maximum atomic E-state index is 12.1. The summed E-state index contributed by atoms with van der Waals surface area (Å²) in [7, 11) is 0. The summed E-state index contributed by atoms with van der Waals surface area (Å²) in [5, 5.41) is 2.89. The highest BCUT2D eigenvalue weighted by atomic mass is 16.5. The summed E-state index contributed by atoms with van der Waals surface area (Å²) in [6.07, 6.45) is 1.90. The van der Waals surface area contributed by atoms with Gasteiger partial charge in [-0.3, -0.25) is 4.79 Å². The molecule has 0 aromatic heterocycles. The van der Waals surface area contributed by atoms with Crippen molar-refractivity contribution in [1.82, 2.24) is 0 Å². The molecule has 0 spiro atoms. The van der Waals surface area contributed by atoms with Gasteiger partial charge in [-0.05, 0) is 37.1 Å². The van der Waals surface area contributed by atoms with Crippen molar-refractivity contribution in [3.8, 4) is 11.5 Å². The first-order valence-corrected chi connectivity index (χ1v) is 8.19. The number of hydrogen-bond donors (Lipinski definition) is 2. The minimum absolute atomic E-state index is 0.0628. The van der Waals surface area contributed by atoms with E-state index in [1.165, 1.54) is 0 Å². The van der Waals surface area contributed by atoms with Gasteiger partial charge in [0.15, 0.2) is 0 Å². The van der Waals surface area contributed by atoms with E-state index in [0.29, 0.717) is 48.9 Å². The highest BCUT2D eigenvalue weighted by Crippen LogP contribution is 2.24. The van der Waals surface area contributed by atoms with E-state index < -0.39 is 0 Å². The predicted molar refractivity (Wildman–Crippen MR) is 96.4 cm³/mol. The van der Waals surface area contributed by atoms with Gasteiger partial charge in [0.2, 0.25) is 5.91 Å².